The third-order valence-electron chi connectivity index (χ3n) is 3.97. The molecule has 2 atom stereocenters. The maximum absolute atomic E-state index is 5.87. The van der Waals surface area contributed by atoms with Gasteiger partial charge in [-0.15, -0.1) is 0 Å². The maximum Gasteiger partial charge on any atom is 0.0446 e. The molecular formula is C17H22N2S. The normalized spacial score (nSPS) is 23.2. The van der Waals surface area contributed by atoms with E-state index in [1.165, 1.54) is 22.0 Å². The van der Waals surface area contributed by atoms with Gasteiger partial charge in [0.15, 0.2) is 0 Å². The predicted molar refractivity (Wildman–Crippen MR) is 90.6 cm³/mol. The molecule has 2 N–H and O–H groups in total. The molecule has 1 saturated heterocycles. The second-order valence-electron chi connectivity index (χ2n) is 5.66. The third kappa shape index (κ3) is 2.52. The first-order valence-electron chi connectivity index (χ1n) is 7.30. The highest BCUT2D eigenvalue weighted by molar-refractivity contribution is 8.00. The molecule has 2 aromatic rings. The quantitative estimate of drug-likeness (QED) is 0.914. The van der Waals surface area contributed by atoms with E-state index < -0.39 is 0 Å². The van der Waals surface area contributed by atoms with E-state index in [-0.39, 0.29) is 0 Å². The Morgan fingerprint density at radius 3 is 2.35 bits per heavy atom. The van der Waals surface area contributed by atoms with Gasteiger partial charge < -0.3 is 10.6 Å². The molecule has 2 aromatic carbocycles. The topological polar surface area (TPSA) is 29.3 Å². The summed E-state index contributed by atoms with van der Waals surface area (Å²) in [6, 6.07) is 13.1. The van der Waals surface area contributed by atoms with Crippen LogP contribution in [0.2, 0.25) is 0 Å². The predicted octanol–water partition coefficient (Wildman–Crippen LogP) is 3.63. The molecule has 3 rings (SSSR count). The first kappa shape index (κ1) is 13.8. The van der Waals surface area contributed by atoms with Gasteiger partial charge in [0.25, 0.3) is 0 Å². The van der Waals surface area contributed by atoms with Gasteiger partial charge in [0, 0.05) is 41.2 Å². The Labute approximate surface area is 125 Å². The number of hydrogen-bond acceptors (Lipinski definition) is 3. The molecule has 1 aliphatic heterocycles. The van der Waals surface area contributed by atoms with Crippen LogP contribution < -0.4 is 10.6 Å². The number of thioether (sulfide) groups is 1. The molecular weight excluding hydrogens is 264 g/mol. The number of anilines is 1. The minimum absolute atomic E-state index is 0.601. The lowest BCUT2D eigenvalue weighted by Crippen LogP contribution is -2.40. The van der Waals surface area contributed by atoms with Crippen molar-refractivity contribution in [2.24, 2.45) is 5.73 Å². The zero-order chi connectivity index (χ0) is 14.1. The number of rotatable bonds is 2. The van der Waals surface area contributed by atoms with Crippen LogP contribution in [0.5, 0.6) is 0 Å². The molecule has 0 amide bonds. The van der Waals surface area contributed by atoms with Gasteiger partial charge in [0.2, 0.25) is 0 Å². The minimum Gasteiger partial charge on any atom is -0.369 e. The summed E-state index contributed by atoms with van der Waals surface area (Å²) in [5.41, 5.74) is 8.46. The van der Waals surface area contributed by atoms with Crippen LogP contribution >= 0.6 is 11.8 Å². The summed E-state index contributed by atoms with van der Waals surface area (Å²) < 4.78 is 0. The van der Waals surface area contributed by atoms with Crippen molar-refractivity contribution in [1.29, 1.82) is 0 Å². The van der Waals surface area contributed by atoms with Crippen LogP contribution in [-0.2, 0) is 6.54 Å². The maximum atomic E-state index is 5.87. The molecule has 3 heteroatoms. The summed E-state index contributed by atoms with van der Waals surface area (Å²) >= 11 is 2.09. The highest BCUT2D eigenvalue weighted by atomic mass is 32.2. The van der Waals surface area contributed by atoms with Gasteiger partial charge in [-0.1, -0.05) is 44.2 Å². The van der Waals surface area contributed by atoms with E-state index in [9.17, 15) is 0 Å². The van der Waals surface area contributed by atoms with Gasteiger partial charge in [0.05, 0.1) is 0 Å². The molecule has 0 saturated carbocycles. The number of nitrogens with two attached hydrogens (primary N) is 1. The van der Waals surface area contributed by atoms with E-state index in [2.05, 4.69) is 66.9 Å². The molecule has 0 radical (unpaired) electrons. The standard InChI is InChI=1S/C17H22N2S/c1-12-10-19(11-13(2)20-12)17-8-7-14(9-18)15-5-3-4-6-16(15)17/h3-8,12-13H,9-11,18H2,1-2H3. The lowest BCUT2D eigenvalue weighted by atomic mass is 10.0. The van der Waals surface area contributed by atoms with Crippen LogP contribution in [0.1, 0.15) is 19.4 Å². The number of fused-ring (bicyclic) bond motifs is 1. The largest absolute Gasteiger partial charge is 0.369 e. The summed E-state index contributed by atoms with van der Waals surface area (Å²) in [4.78, 5) is 2.54. The molecule has 2 unspecified atom stereocenters. The van der Waals surface area contributed by atoms with E-state index in [4.69, 9.17) is 5.73 Å². The van der Waals surface area contributed by atoms with Crippen molar-refractivity contribution in [3.63, 3.8) is 0 Å². The van der Waals surface area contributed by atoms with Crippen molar-refractivity contribution in [3.05, 3.63) is 42.0 Å². The Bertz CT molecular complexity index is 601. The van der Waals surface area contributed by atoms with Crippen LogP contribution in [0.15, 0.2) is 36.4 Å². The number of nitrogens with zero attached hydrogens (tertiary/aromatic N) is 1. The van der Waals surface area contributed by atoms with Crippen LogP contribution in [-0.4, -0.2) is 23.6 Å². The molecule has 1 fully saturated rings. The van der Waals surface area contributed by atoms with Crippen LogP contribution in [0.3, 0.4) is 0 Å². The lowest BCUT2D eigenvalue weighted by molar-refractivity contribution is 0.730. The van der Waals surface area contributed by atoms with Gasteiger partial charge in [0.1, 0.15) is 0 Å². The molecule has 0 spiro atoms. The minimum atomic E-state index is 0.601. The molecule has 0 aromatic heterocycles. The Balaban J connectivity index is 2.08. The lowest BCUT2D eigenvalue weighted by Gasteiger charge is -2.37. The van der Waals surface area contributed by atoms with Crippen molar-refractivity contribution in [3.8, 4) is 0 Å². The van der Waals surface area contributed by atoms with E-state index in [1.54, 1.807) is 0 Å². The summed E-state index contributed by atoms with van der Waals surface area (Å²) in [6.45, 7) is 7.50. The van der Waals surface area contributed by atoms with E-state index in [0.717, 1.165) is 13.1 Å². The van der Waals surface area contributed by atoms with Crippen molar-refractivity contribution in [1.82, 2.24) is 0 Å². The number of hydrogen-bond donors (Lipinski definition) is 1. The van der Waals surface area contributed by atoms with Crippen LogP contribution in [0.25, 0.3) is 10.8 Å². The monoisotopic (exact) mass is 286 g/mol. The molecule has 1 aliphatic rings. The Morgan fingerprint density at radius 2 is 1.70 bits per heavy atom. The van der Waals surface area contributed by atoms with Gasteiger partial charge in [-0.3, -0.25) is 0 Å². The molecule has 1 heterocycles. The summed E-state index contributed by atoms with van der Waals surface area (Å²) in [5.74, 6) is 0. The van der Waals surface area contributed by atoms with Crippen molar-refractivity contribution in [2.75, 3.05) is 18.0 Å². The first-order chi connectivity index (χ1) is 9.69. The average Bonchev–Trinajstić information content (AvgIpc) is 2.45. The summed E-state index contributed by atoms with van der Waals surface area (Å²) in [6.07, 6.45) is 0. The van der Waals surface area contributed by atoms with Gasteiger partial charge in [-0.2, -0.15) is 11.8 Å². The van der Waals surface area contributed by atoms with Gasteiger partial charge in [-0.05, 0) is 17.0 Å². The van der Waals surface area contributed by atoms with Crippen LogP contribution in [0.4, 0.5) is 5.69 Å². The fourth-order valence-corrected chi connectivity index (χ4v) is 4.50. The first-order valence-corrected chi connectivity index (χ1v) is 8.24. The second kappa shape index (κ2) is 5.66. The van der Waals surface area contributed by atoms with Gasteiger partial charge in [-0.25, -0.2) is 0 Å². The van der Waals surface area contributed by atoms with E-state index >= 15 is 0 Å². The van der Waals surface area contributed by atoms with Crippen molar-refractivity contribution < 1.29 is 0 Å². The SMILES string of the molecule is CC1CN(c2ccc(CN)c3ccccc23)CC(C)S1. The average molecular weight is 286 g/mol. The molecule has 2 nitrogen and oxygen atoms in total. The van der Waals surface area contributed by atoms with Crippen molar-refractivity contribution in [2.45, 2.75) is 30.9 Å². The summed E-state index contributed by atoms with van der Waals surface area (Å²) in [7, 11) is 0. The Hall–Kier alpha value is -1.19. The zero-order valence-corrected chi connectivity index (χ0v) is 13.0. The number of benzene rings is 2. The Kier molecular flexibility index (Phi) is 3.90. The van der Waals surface area contributed by atoms with E-state index in [1.807, 2.05) is 0 Å². The molecule has 0 aliphatic carbocycles. The smallest absolute Gasteiger partial charge is 0.0446 e. The summed E-state index contributed by atoms with van der Waals surface area (Å²) in [5, 5.41) is 4.01. The molecule has 106 valence electrons. The molecule has 20 heavy (non-hydrogen) atoms. The van der Waals surface area contributed by atoms with Crippen LogP contribution in [0, 0.1) is 0 Å². The Morgan fingerprint density at radius 1 is 1.05 bits per heavy atom. The fraction of sp³-hybridized carbons (Fsp3) is 0.412. The van der Waals surface area contributed by atoms with Gasteiger partial charge >= 0.3 is 0 Å². The highest BCUT2D eigenvalue weighted by Gasteiger charge is 2.23. The van der Waals surface area contributed by atoms with E-state index in [0.29, 0.717) is 17.0 Å². The third-order valence-corrected chi connectivity index (χ3v) is 5.20. The second-order valence-corrected chi connectivity index (χ2v) is 7.54. The fourth-order valence-electron chi connectivity index (χ4n) is 3.17. The van der Waals surface area contributed by atoms with Crippen molar-refractivity contribution >= 4 is 28.2 Å². The zero-order valence-electron chi connectivity index (χ0n) is 12.2. The molecule has 0 bridgehead atoms. The highest BCUT2D eigenvalue weighted by Crippen LogP contribution is 2.34.